The number of nitrogens with zero attached hydrogens (tertiary/aromatic N) is 2. The van der Waals surface area contributed by atoms with Gasteiger partial charge in [-0.2, -0.15) is 0 Å². The summed E-state index contributed by atoms with van der Waals surface area (Å²) in [5.41, 5.74) is 2.00. The highest BCUT2D eigenvalue weighted by atomic mass is 16.6. The van der Waals surface area contributed by atoms with Crippen LogP contribution in [0.1, 0.15) is 58.1 Å². The van der Waals surface area contributed by atoms with E-state index in [2.05, 4.69) is 29.6 Å². The summed E-state index contributed by atoms with van der Waals surface area (Å²) in [6, 6.07) is 19.6. The number of nitrogens with one attached hydrogen (secondary N) is 1. The van der Waals surface area contributed by atoms with E-state index >= 15 is 0 Å². The maximum Gasteiger partial charge on any atom is 0.416 e. The second-order valence-electron chi connectivity index (χ2n) is 12.4. The van der Waals surface area contributed by atoms with Gasteiger partial charge >= 0.3 is 6.09 Å². The summed E-state index contributed by atoms with van der Waals surface area (Å²) in [5.74, 6) is 0.968. The van der Waals surface area contributed by atoms with Crippen molar-refractivity contribution in [3.05, 3.63) is 89.6 Å². The van der Waals surface area contributed by atoms with Crippen molar-refractivity contribution < 1.29 is 19.1 Å². The van der Waals surface area contributed by atoms with Crippen molar-refractivity contribution >= 4 is 12.0 Å². The Morgan fingerprint density at radius 1 is 1.05 bits per heavy atom. The molecule has 1 N–H and O–H groups in total. The fraction of sp³-hybridized carbons (Fsp3) is 0.471. The molecule has 0 aromatic heterocycles. The Labute approximate surface area is 243 Å². The molecule has 0 bridgehead atoms. The molecule has 2 aromatic carbocycles. The SMILES string of the molecule is CCOC1(CNC2C3CCCC3N(C(=O)Oc3ccccc3)C2c2ccccc2)C=C2C(=CC1)C(C)(C)C(=O)N2C. The minimum atomic E-state index is -0.587. The quantitative estimate of drug-likeness (QED) is 0.464. The van der Waals surface area contributed by atoms with E-state index in [1.807, 2.05) is 81.2 Å². The number of carbonyl (C=O) groups is 2. The molecule has 0 spiro atoms. The molecule has 5 unspecified atom stereocenters. The molecule has 2 aromatic rings. The number of ether oxygens (including phenoxy) is 2. The molecule has 2 saturated heterocycles. The topological polar surface area (TPSA) is 71.1 Å². The summed E-state index contributed by atoms with van der Waals surface area (Å²) >= 11 is 0. The summed E-state index contributed by atoms with van der Waals surface area (Å²) in [7, 11) is 1.86. The second kappa shape index (κ2) is 10.8. The van der Waals surface area contributed by atoms with E-state index in [0.29, 0.717) is 31.2 Å². The molecule has 2 amide bonds. The van der Waals surface area contributed by atoms with E-state index in [0.717, 1.165) is 36.1 Å². The van der Waals surface area contributed by atoms with Gasteiger partial charge in [-0.3, -0.25) is 9.69 Å². The molecule has 2 aliphatic heterocycles. The van der Waals surface area contributed by atoms with Crippen LogP contribution in [-0.4, -0.2) is 59.7 Å². The van der Waals surface area contributed by atoms with Crippen molar-refractivity contribution in [2.45, 2.75) is 70.2 Å². The van der Waals surface area contributed by atoms with Crippen LogP contribution in [0.25, 0.3) is 0 Å². The predicted molar refractivity (Wildman–Crippen MR) is 158 cm³/mol. The molecule has 6 rings (SSSR count). The molecule has 41 heavy (non-hydrogen) atoms. The van der Waals surface area contributed by atoms with Crippen molar-refractivity contribution in [1.29, 1.82) is 0 Å². The van der Waals surface area contributed by atoms with Crippen LogP contribution in [0.5, 0.6) is 5.75 Å². The Kier molecular flexibility index (Phi) is 7.28. The standard InChI is InChI=1S/C34H41N3O4/c1-5-40-34(20-19-26-28(21-34)36(4)31(38)33(26,2)3)22-35-29-25-17-12-18-27(25)37(30(29)23-13-8-6-9-14-23)32(39)41-24-15-10-7-11-16-24/h6-11,13-16,19,21,25,27,29-30,35H,5,12,17-18,20,22H2,1-4H3. The minimum absolute atomic E-state index is 0.0358. The lowest BCUT2D eigenvalue weighted by Gasteiger charge is -2.37. The first-order valence-electron chi connectivity index (χ1n) is 15.0. The smallest absolute Gasteiger partial charge is 0.410 e. The monoisotopic (exact) mass is 555 g/mol. The fourth-order valence-corrected chi connectivity index (χ4v) is 7.63. The highest BCUT2D eigenvalue weighted by Crippen LogP contribution is 2.49. The van der Waals surface area contributed by atoms with E-state index in [9.17, 15) is 9.59 Å². The normalized spacial score (nSPS) is 30.1. The Hall–Kier alpha value is -3.42. The number of fused-ring (bicyclic) bond motifs is 2. The largest absolute Gasteiger partial charge is 0.416 e. The van der Waals surface area contributed by atoms with Gasteiger partial charge in [-0.1, -0.05) is 61.0 Å². The van der Waals surface area contributed by atoms with Crippen molar-refractivity contribution in [3.63, 3.8) is 0 Å². The van der Waals surface area contributed by atoms with Crippen LogP contribution in [-0.2, 0) is 9.53 Å². The maximum absolute atomic E-state index is 13.8. The number of para-hydroxylation sites is 1. The van der Waals surface area contributed by atoms with Gasteiger partial charge in [-0.05, 0) is 68.9 Å². The van der Waals surface area contributed by atoms with Gasteiger partial charge in [0.25, 0.3) is 0 Å². The summed E-state index contributed by atoms with van der Waals surface area (Å²) < 4.78 is 12.4. The van der Waals surface area contributed by atoms with Gasteiger partial charge in [0.2, 0.25) is 5.91 Å². The Balaban J connectivity index is 1.31. The lowest BCUT2D eigenvalue weighted by Crippen LogP contribution is -2.49. The van der Waals surface area contributed by atoms with E-state index in [1.165, 1.54) is 0 Å². The molecule has 5 atom stereocenters. The zero-order chi connectivity index (χ0) is 28.8. The van der Waals surface area contributed by atoms with Gasteiger partial charge in [-0.15, -0.1) is 0 Å². The van der Waals surface area contributed by atoms with Crippen LogP contribution in [0, 0.1) is 11.3 Å². The second-order valence-corrected chi connectivity index (χ2v) is 12.4. The molecule has 2 heterocycles. The van der Waals surface area contributed by atoms with Crippen molar-refractivity contribution in [3.8, 4) is 5.75 Å². The third kappa shape index (κ3) is 4.79. The molecule has 3 fully saturated rings. The zero-order valence-corrected chi connectivity index (χ0v) is 24.5. The minimum Gasteiger partial charge on any atom is -0.410 e. The summed E-state index contributed by atoms with van der Waals surface area (Å²) in [4.78, 5) is 30.6. The molecular weight excluding hydrogens is 514 g/mol. The van der Waals surface area contributed by atoms with Crippen molar-refractivity contribution in [1.82, 2.24) is 15.1 Å². The molecule has 7 heteroatoms. The molecule has 2 aliphatic carbocycles. The third-order valence-corrected chi connectivity index (χ3v) is 9.56. The first kappa shape index (κ1) is 27.7. The van der Waals surface area contributed by atoms with E-state index in [-0.39, 0.29) is 30.1 Å². The molecular formula is C34H41N3O4. The first-order valence-corrected chi connectivity index (χ1v) is 15.0. The lowest BCUT2D eigenvalue weighted by atomic mass is 9.79. The van der Waals surface area contributed by atoms with Gasteiger partial charge in [0, 0.05) is 44.4 Å². The van der Waals surface area contributed by atoms with Crippen LogP contribution >= 0.6 is 0 Å². The van der Waals surface area contributed by atoms with Gasteiger partial charge in [0.15, 0.2) is 0 Å². The van der Waals surface area contributed by atoms with Crippen LogP contribution in [0.2, 0.25) is 0 Å². The molecule has 7 nitrogen and oxygen atoms in total. The molecule has 4 aliphatic rings. The molecule has 1 saturated carbocycles. The Morgan fingerprint density at radius 2 is 1.76 bits per heavy atom. The highest BCUT2D eigenvalue weighted by Gasteiger charge is 2.54. The average Bonchev–Trinajstić information content (AvgIpc) is 3.61. The van der Waals surface area contributed by atoms with Gasteiger partial charge in [0.05, 0.1) is 11.5 Å². The number of allylic oxidation sites excluding steroid dienone is 1. The number of hydrogen-bond donors (Lipinski definition) is 1. The van der Waals surface area contributed by atoms with Gasteiger partial charge in [-0.25, -0.2) is 4.79 Å². The van der Waals surface area contributed by atoms with Gasteiger partial charge < -0.3 is 19.7 Å². The summed E-state index contributed by atoms with van der Waals surface area (Å²) in [6.45, 7) is 7.15. The number of rotatable bonds is 7. The Bertz CT molecular complexity index is 1350. The third-order valence-electron chi connectivity index (χ3n) is 9.56. The number of carbonyl (C=O) groups excluding carboxylic acids is 2. The number of likely N-dealkylation sites (N-methyl/N-ethyl adjacent to an activating group) is 1. The fourth-order valence-electron chi connectivity index (χ4n) is 7.63. The van der Waals surface area contributed by atoms with E-state index < -0.39 is 11.0 Å². The lowest BCUT2D eigenvalue weighted by molar-refractivity contribution is -0.132. The summed E-state index contributed by atoms with van der Waals surface area (Å²) in [5, 5.41) is 3.92. The molecule has 0 radical (unpaired) electrons. The van der Waals surface area contributed by atoms with E-state index in [1.54, 1.807) is 4.90 Å². The average molecular weight is 556 g/mol. The number of benzene rings is 2. The van der Waals surface area contributed by atoms with Crippen molar-refractivity contribution in [2.75, 3.05) is 20.2 Å². The van der Waals surface area contributed by atoms with E-state index in [4.69, 9.17) is 9.47 Å². The number of likely N-dealkylation sites (tertiary alicyclic amines) is 2. The van der Waals surface area contributed by atoms with Crippen LogP contribution in [0.4, 0.5) is 4.79 Å². The zero-order valence-electron chi connectivity index (χ0n) is 24.5. The number of amides is 2. The van der Waals surface area contributed by atoms with Crippen molar-refractivity contribution in [2.24, 2.45) is 11.3 Å². The van der Waals surface area contributed by atoms with Crippen LogP contribution < -0.4 is 10.1 Å². The predicted octanol–water partition coefficient (Wildman–Crippen LogP) is 5.86. The highest BCUT2D eigenvalue weighted by molar-refractivity contribution is 5.93. The maximum atomic E-state index is 13.8. The Morgan fingerprint density at radius 3 is 2.46 bits per heavy atom. The first-order chi connectivity index (χ1) is 19.8. The van der Waals surface area contributed by atoms with Gasteiger partial charge in [0.1, 0.15) is 11.4 Å². The number of hydrogen-bond acceptors (Lipinski definition) is 5. The molecule has 216 valence electrons. The van der Waals surface area contributed by atoms with Crippen LogP contribution in [0.15, 0.2) is 84.1 Å². The van der Waals surface area contributed by atoms with Crippen LogP contribution in [0.3, 0.4) is 0 Å². The summed E-state index contributed by atoms with van der Waals surface area (Å²) in [6.07, 6.45) is 7.84.